The molecular weight excluding hydrogens is 198 g/mol. The maximum absolute atomic E-state index is 5.80. The first-order valence-electron chi connectivity index (χ1n) is 6.17. The standard InChI is InChI=1S/C14H21NO/c1-12(2)10-14-11-15(8-9-16-14)13-6-4-3-5-7-13/h3-7,12,14H,8-11H2,1-2H3. The van der Waals surface area contributed by atoms with Gasteiger partial charge < -0.3 is 9.64 Å². The lowest BCUT2D eigenvalue weighted by Crippen LogP contribution is -2.43. The Balaban J connectivity index is 1.97. The van der Waals surface area contributed by atoms with Crippen LogP contribution in [0.4, 0.5) is 5.69 Å². The van der Waals surface area contributed by atoms with Gasteiger partial charge in [0, 0.05) is 18.8 Å². The van der Waals surface area contributed by atoms with Crippen LogP contribution in [0.25, 0.3) is 0 Å². The predicted octanol–water partition coefficient (Wildman–Crippen LogP) is 2.94. The zero-order chi connectivity index (χ0) is 11.4. The molecule has 1 aromatic carbocycles. The first-order valence-corrected chi connectivity index (χ1v) is 6.17. The summed E-state index contributed by atoms with van der Waals surface area (Å²) in [6.07, 6.45) is 1.55. The Hall–Kier alpha value is -1.02. The van der Waals surface area contributed by atoms with E-state index in [1.165, 1.54) is 5.69 Å². The van der Waals surface area contributed by atoms with Gasteiger partial charge in [0.25, 0.3) is 0 Å². The van der Waals surface area contributed by atoms with E-state index >= 15 is 0 Å². The Morgan fingerprint density at radius 2 is 2.06 bits per heavy atom. The molecule has 0 amide bonds. The van der Waals surface area contributed by atoms with Crippen LogP contribution < -0.4 is 4.90 Å². The minimum atomic E-state index is 0.397. The van der Waals surface area contributed by atoms with Gasteiger partial charge in [0.1, 0.15) is 0 Å². The zero-order valence-electron chi connectivity index (χ0n) is 10.2. The molecular formula is C14H21NO. The van der Waals surface area contributed by atoms with Gasteiger partial charge in [-0.3, -0.25) is 0 Å². The average molecular weight is 219 g/mol. The molecule has 2 rings (SSSR count). The summed E-state index contributed by atoms with van der Waals surface area (Å²) in [5.74, 6) is 0.709. The highest BCUT2D eigenvalue weighted by Crippen LogP contribution is 2.20. The molecule has 2 nitrogen and oxygen atoms in total. The molecule has 0 radical (unpaired) electrons. The van der Waals surface area contributed by atoms with E-state index in [-0.39, 0.29) is 0 Å². The number of hydrogen-bond acceptors (Lipinski definition) is 2. The molecule has 0 saturated carbocycles. The SMILES string of the molecule is CC(C)CC1CN(c2ccccc2)CCO1. The molecule has 0 bridgehead atoms. The number of morpholine rings is 1. The summed E-state index contributed by atoms with van der Waals surface area (Å²) < 4.78 is 5.80. The molecule has 1 saturated heterocycles. The molecule has 2 heteroatoms. The fourth-order valence-corrected chi connectivity index (χ4v) is 2.26. The van der Waals surface area contributed by atoms with E-state index in [1.54, 1.807) is 0 Å². The van der Waals surface area contributed by atoms with Crippen LogP contribution in [0.3, 0.4) is 0 Å². The summed E-state index contributed by atoms with van der Waals surface area (Å²) in [4.78, 5) is 2.43. The van der Waals surface area contributed by atoms with Gasteiger partial charge in [-0.2, -0.15) is 0 Å². The normalized spacial score (nSPS) is 21.4. The van der Waals surface area contributed by atoms with Crippen LogP contribution in [0.1, 0.15) is 20.3 Å². The van der Waals surface area contributed by atoms with Crippen molar-refractivity contribution in [3.05, 3.63) is 30.3 Å². The van der Waals surface area contributed by atoms with Crippen molar-refractivity contribution in [2.24, 2.45) is 5.92 Å². The second-order valence-electron chi connectivity index (χ2n) is 4.90. The largest absolute Gasteiger partial charge is 0.375 e. The van der Waals surface area contributed by atoms with Gasteiger partial charge >= 0.3 is 0 Å². The van der Waals surface area contributed by atoms with E-state index in [0.717, 1.165) is 26.1 Å². The molecule has 1 unspecified atom stereocenters. The van der Waals surface area contributed by atoms with E-state index in [2.05, 4.69) is 49.1 Å². The molecule has 0 aliphatic carbocycles. The highest BCUT2D eigenvalue weighted by molar-refractivity contribution is 5.46. The van der Waals surface area contributed by atoms with E-state index in [9.17, 15) is 0 Å². The number of rotatable bonds is 3. The molecule has 1 heterocycles. The summed E-state index contributed by atoms with van der Waals surface area (Å²) in [6.45, 7) is 7.41. The Labute approximate surface area is 98.2 Å². The first kappa shape index (κ1) is 11.5. The van der Waals surface area contributed by atoms with Crippen LogP contribution in [0.15, 0.2) is 30.3 Å². The van der Waals surface area contributed by atoms with Crippen molar-refractivity contribution in [2.45, 2.75) is 26.4 Å². The lowest BCUT2D eigenvalue weighted by Gasteiger charge is -2.35. The van der Waals surface area contributed by atoms with Crippen molar-refractivity contribution < 1.29 is 4.74 Å². The molecule has 0 N–H and O–H groups in total. The van der Waals surface area contributed by atoms with E-state index in [4.69, 9.17) is 4.74 Å². The third-order valence-electron chi connectivity index (χ3n) is 2.99. The highest BCUT2D eigenvalue weighted by Gasteiger charge is 2.21. The minimum Gasteiger partial charge on any atom is -0.375 e. The fraction of sp³-hybridized carbons (Fsp3) is 0.571. The molecule has 0 aromatic heterocycles. The van der Waals surface area contributed by atoms with Gasteiger partial charge in [-0.05, 0) is 24.5 Å². The van der Waals surface area contributed by atoms with Gasteiger partial charge in [-0.1, -0.05) is 32.0 Å². The van der Waals surface area contributed by atoms with Crippen LogP contribution in [0.5, 0.6) is 0 Å². The van der Waals surface area contributed by atoms with E-state index in [1.807, 2.05) is 0 Å². The van der Waals surface area contributed by atoms with Gasteiger partial charge in [0.05, 0.1) is 12.7 Å². The first-order chi connectivity index (χ1) is 7.75. The molecule has 1 aliphatic rings. The molecule has 0 spiro atoms. The Morgan fingerprint density at radius 3 is 2.75 bits per heavy atom. The van der Waals surface area contributed by atoms with Gasteiger partial charge in [-0.25, -0.2) is 0 Å². The van der Waals surface area contributed by atoms with Crippen molar-refractivity contribution in [1.82, 2.24) is 0 Å². The number of benzene rings is 1. The van der Waals surface area contributed by atoms with Gasteiger partial charge in [-0.15, -0.1) is 0 Å². The van der Waals surface area contributed by atoms with Crippen LogP contribution >= 0.6 is 0 Å². The second-order valence-corrected chi connectivity index (χ2v) is 4.90. The lowest BCUT2D eigenvalue weighted by molar-refractivity contribution is 0.0276. The smallest absolute Gasteiger partial charge is 0.0753 e. The zero-order valence-corrected chi connectivity index (χ0v) is 10.2. The van der Waals surface area contributed by atoms with Gasteiger partial charge in [0.2, 0.25) is 0 Å². The highest BCUT2D eigenvalue weighted by atomic mass is 16.5. The number of anilines is 1. The summed E-state index contributed by atoms with van der Waals surface area (Å²) in [6, 6.07) is 10.6. The van der Waals surface area contributed by atoms with Crippen LogP contribution in [-0.2, 0) is 4.74 Å². The van der Waals surface area contributed by atoms with Crippen molar-refractivity contribution in [2.75, 3.05) is 24.6 Å². The Morgan fingerprint density at radius 1 is 1.31 bits per heavy atom. The van der Waals surface area contributed by atoms with Gasteiger partial charge in [0.15, 0.2) is 0 Å². The Bertz CT molecular complexity index is 310. The number of para-hydroxylation sites is 1. The molecule has 1 fully saturated rings. The average Bonchev–Trinajstić information content (AvgIpc) is 2.30. The van der Waals surface area contributed by atoms with Crippen molar-refractivity contribution in [3.63, 3.8) is 0 Å². The van der Waals surface area contributed by atoms with Crippen molar-refractivity contribution in [3.8, 4) is 0 Å². The maximum Gasteiger partial charge on any atom is 0.0753 e. The minimum absolute atomic E-state index is 0.397. The van der Waals surface area contributed by atoms with Crippen molar-refractivity contribution in [1.29, 1.82) is 0 Å². The number of nitrogens with zero attached hydrogens (tertiary/aromatic N) is 1. The fourth-order valence-electron chi connectivity index (χ4n) is 2.26. The van der Waals surface area contributed by atoms with Crippen LogP contribution in [-0.4, -0.2) is 25.8 Å². The van der Waals surface area contributed by atoms with Crippen LogP contribution in [0, 0.1) is 5.92 Å². The quantitative estimate of drug-likeness (QED) is 0.775. The summed E-state index contributed by atoms with van der Waals surface area (Å²) in [5, 5.41) is 0. The molecule has 16 heavy (non-hydrogen) atoms. The van der Waals surface area contributed by atoms with E-state index in [0.29, 0.717) is 12.0 Å². The third-order valence-corrected chi connectivity index (χ3v) is 2.99. The summed E-state index contributed by atoms with van der Waals surface area (Å²) in [5.41, 5.74) is 1.32. The Kier molecular flexibility index (Phi) is 3.83. The monoisotopic (exact) mass is 219 g/mol. The predicted molar refractivity (Wildman–Crippen MR) is 67.9 cm³/mol. The van der Waals surface area contributed by atoms with Crippen LogP contribution in [0.2, 0.25) is 0 Å². The summed E-state index contributed by atoms with van der Waals surface area (Å²) in [7, 11) is 0. The third kappa shape index (κ3) is 2.99. The molecule has 88 valence electrons. The topological polar surface area (TPSA) is 12.5 Å². The number of ether oxygens (including phenoxy) is 1. The molecule has 1 aliphatic heterocycles. The second kappa shape index (κ2) is 5.35. The molecule has 1 atom stereocenters. The summed E-state index contributed by atoms with van der Waals surface area (Å²) >= 11 is 0. The molecule has 1 aromatic rings. The van der Waals surface area contributed by atoms with Crippen molar-refractivity contribution >= 4 is 5.69 Å². The number of hydrogen-bond donors (Lipinski definition) is 0. The van der Waals surface area contributed by atoms with E-state index < -0.39 is 0 Å². The maximum atomic E-state index is 5.80. The lowest BCUT2D eigenvalue weighted by atomic mass is 10.0.